The van der Waals surface area contributed by atoms with Crippen LogP contribution in [-0.4, -0.2) is 11.2 Å². The third-order valence-electron chi connectivity index (χ3n) is 1.12. The minimum Gasteiger partial charge on any atom is -0.255 e. The molecule has 52 valence electrons. The first-order valence-corrected chi connectivity index (χ1v) is 3.33. The zero-order chi connectivity index (χ0) is 7.40. The van der Waals surface area contributed by atoms with Crippen molar-refractivity contribution in [3.63, 3.8) is 0 Å². The lowest BCUT2D eigenvalue weighted by Gasteiger charge is -1.90. The van der Waals surface area contributed by atoms with Gasteiger partial charge in [-0.05, 0) is 31.4 Å². The van der Waals surface area contributed by atoms with Crippen LogP contribution in [0.2, 0.25) is 0 Å². The van der Waals surface area contributed by atoms with Crippen LogP contribution in [0.5, 0.6) is 0 Å². The fraction of sp³-hybridized carbons (Fsp3) is 0.143. The number of aromatic nitrogens is 1. The topological polar surface area (TPSA) is 25.2 Å². The molecule has 0 saturated heterocycles. The molecule has 0 spiro atoms. The Kier molecular flexibility index (Phi) is 2.45. The third kappa shape index (κ3) is 1.84. The van der Waals surface area contributed by atoms with Gasteiger partial charge in [0.05, 0.1) is 11.9 Å². The molecule has 10 heavy (non-hydrogen) atoms. The second-order valence-corrected chi connectivity index (χ2v) is 2.24. The van der Waals surface area contributed by atoms with Crippen molar-refractivity contribution in [2.24, 2.45) is 4.40 Å². The van der Waals surface area contributed by atoms with Crippen LogP contribution < -0.4 is 0 Å². The van der Waals surface area contributed by atoms with Crippen LogP contribution in [0.25, 0.3) is 0 Å². The fourth-order valence-electron chi connectivity index (χ4n) is 0.615. The quantitative estimate of drug-likeness (QED) is 0.480. The summed E-state index contributed by atoms with van der Waals surface area (Å²) in [6.45, 7) is 1.99. The van der Waals surface area contributed by atoms with E-state index in [9.17, 15) is 0 Å². The van der Waals surface area contributed by atoms with Crippen molar-refractivity contribution in [2.75, 3.05) is 0 Å². The monoisotopic (exact) mass is 152 g/mol. The van der Waals surface area contributed by atoms with Crippen molar-refractivity contribution in [2.45, 2.75) is 6.92 Å². The number of hydrogen-bond acceptors (Lipinski definition) is 3. The van der Waals surface area contributed by atoms with Crippen LogP contribution in [0.3, 0.4) is 0 Å². The van der Waals surface area contributed by atoms with Crippen LogP contribution in [0.1, 0.15) is 11.3 Å². The Bertz CT molecular complexity index is 228. The summed E-state index contributed by atoms with van der Waals surface area (Å²) >= 11 is 3.69. The summed E-state index contributed by atoms with van der Waals surface area (Å²) in [6, 6.07) is 3.88. The lowest BCUT2D eigenvalue weighted by molar-refractivity contribution is 1.25. The second-order valence-electron chi connectivity index (χ2n) is 2.00. The van der Waals surface area contributed by atoms with Gasteiger partial charge in [0.15, 0.2) is 0 Å². The molecule has 0 amide bonds. The Morgan fingerprint density at radius 1 is 1.60 bits per heavy atom. The van der Waals surface area contributed by atoms with Gasteiger partial charge in [0.25, 0.3) is 0 Å². The smallest absolute Gasteiger partial charge is 0.0819 e. The van der Waals surface area contributed by atoms with E-state index in [0.29, 0.717) is 0 Å². The van der Waals surface area contributed by atoms with Crippen molar-refractivity contribution < 1.29 is 0 Å². The summed E-state index contributed by atoms with van der Waals surface area (Å²) in [6.07, 6.45) is 3.40. The van der Waals surface area contributed by atoms with E-state index in [1.54, 1.807) is 12.4 Å². The lowest BCUT2D eigenvalue weighted by atomic mass is 10.3. The molecule has 0 N–H and O–H groups in total. The lowest BCUT2D eigenvalue weighted by Crippen LogP contribution is -1.85. The summed E-state index contributed by atoms with van der Waals surface area (Å²) in [5.74, 6) is 0. The fourth-order valence-corrected chi connectivity index (χ4v) is 0.733. The molecule has 0 aliphatic carbocycles. The molecule has 1 aromatic rings. The van der Waals surface area contributed by atoms with Gasteiger partial charge in [-0.25, -0.2) is 4.40 Å². The third-order valence-corrected chi connectivity index (χ3v) is 1.24. The Labute approximate surface area is 65.6 Å². The molecule has 2 nitrogen and oxygen atoms in total. The van der Waals surface area contributed by atoms with Gasteiger partial charge in [-0.1, -0.05) is 6.07 Å². The first-order chi connectivity index (χ1) is 4.83. The summed E-state index contributed by atoms with van der Waals surface area (Å²) in [5.41, 5.74) is 1.98. The molecule has 0 bridgehead atoms. The van der Waals surface area contributed by atoms with Crippen molar-refractivity contribution in [1.29, 1.82) is 0 Å². The van der Waals surface area contributed by atoms with Crippen molar-refractivity contribution in [3.8, 4) is 0 Å². The van der Waals surface area contributed by atoms with E-state index < -0.39 is 0 Å². The van der Waals surface area contributed by atoms with Gasteiger partial charge in [-0.3, -0.25) is 4.98 Å². The van der Waals surface area contributed by atoms with Gasteiger partial charge in [0, 0.05) is 6.20 Å². The first kappa shape index (κ1) is 7.28. The number of rotatable bonds is 1. The van der Waals surface area contributed by atoms with Crippen molar-refractivity contribution in [1.82, 2.24) is 4.98 Å². The van der Waals surface area contributed by atoms with Crippen LogP contribution >= 0.6 is 12.8 Å². The molecule has 0 saturated carbocycles. The van der Waals surface area contributed by atoms with E-state index in [2.05, 4.69) is 22.2 Å². The Morgan fingerprint density at radius 2 is 2.40 bits per heavy atom. The van der Waals surface area contributed by atoms with E-state index >= 15 is 0 Å². The molecular formula is C7H8N2S. The molecule has 0 fully saturated rings. The summed E-state index contributed by atoms with van der Waals surface area (Å²) < 4.78 is 3.54. The predicted molar refractivity (Wildman–Crippen MR) is 45.6 cm³/mol. The van der Waals surface area contributed by atoms with E-state index in [4.69, 9.17) is 0 Å². The minimum absolute atomic E-state index is 0.834. The maximum atomic E-state index is 4.07. The standard InChI is InChI=1S/C7H8N2S/c1-6-2-3-7(5-9-10)8-4-6/h2-5,10H,1H3/b9-5+. The van der Waals surface area contributed by atoms with E-state index in [1.807, 2.05) is 19.1 Å². The Balaban J connectivity index is 2.89. The summed E-state index contributed by atoms with van der Waals surface area (Å²) in [4.78, 5) is 4.07. The van der Waals surface area contributed by atoms with Crippen LogP contribution in [0, 0.1) is 6.92 Å². The summed E-state index contributed by atoms with van der Waals surface area (Å²) in [5, 5.41) is 0. The zero-order valence-corrected chi connectivity index (χ0v) is 6.55. The molecule has 0 aliphatic heterocycles. The molecule has 1 aromatic heterocycles. The minimum atomic E-state index is 0.834. The number of aryl methyl sites for hydroxylation is 1. The molecule has 3 heteroatoms. The molecule has 0 aliphatic rings. The molecule has 0 radical (unpaired) electrons. The molecular weight excluding hydrogens is 144 g/mol. The Hall–Kier alpha value is -0.830. The summed E-state index contributed by atoms with van der Waals surface area (Å²) in [7, 11) is 0. The molecule has 1 heterocycles. The van der Waals surface area contributed by atoms with Crippen LogP contribution in [0.15, 0.2) is 22.7 Å². The number of thiol groups is 1. The second kappa shape index (κ2) is 3.37. The highest BCUT2D eigenvalue weighted by Gasteiger charge is 1.86. The average Bonchev–Trinajstić information content (AvgIpc) is 1.95. The SMILES string of the molecule is Cc1ccc(/C=N/S)nc1. The van der Waals surface area contributed by atoms with Gasteiger partial charge in [-0.15, -0.1) is 0 Å². The normalized spacial score (nSPS) is 10.6. The van der Waals surface area contributed by atoms with E-state index in [1.165, 1.54) is 0 Å². The Morgan fingerprint density at radius 3 is 2.90 bits per heavy atom. The van der Waals surface area contributed by atoms with E-state index in [0.717, 1.165) is 11.3 Å². The predicted octanol–water partition coefficient (Wildman–Crippen LogP) is 1.65. The largest absolute Gasteiger partial charge is 0.255 e. The maximum absolute atomic E-state index is 4.07. The average molecular weight is 152 g/mol. The zero-order valence-electron chi connectivity index (χ0n) is 5.65. The maximum Gasteiger partial charge on any atom is 0.0819 e. The van der Waals surface area contributed by atoms with E-state index in [-0.39, 0.29) is 0 Å². The van der Waals surface area contributed by atoms with Crippen molar-refractivity contribution in [3.05, 3.63) is 29.6 Å². The molecule has 1 rings (SSSR count). The van der Waals surface area contributed by atoms with Gasteiger partial charge in [0.2, 0.25) is 0 Å². The number of nitrogens with zero attached hydrogens (tertiary/aromatic N) is 2. The number of pyridine rings is 1. The van der Waals surface area contributed by atoms with Crippen LogP contribution in [0.4, 0.5) is 0 Å². The van der Waals surface area contributed by atoms with Crippen molar-refractivity contribution >= 4 is 19.0 Å². The van der Waals surface area contributed by atoms with Gasteiger partial charge in [0.1, 0.15) is 0 Å². The van der Waals surface area contributed by atoms with Gasteiger partial charge < -0.3 is 0 Å². The molecule has 0 aromatic carbocycles. The van der Waals surface area contributed by atoms with Gasteiger partial charge >= 0.3 is 0 Å². The van der Waals surface area contributed by atoms with Gasteiger partial charge in [-0.2, -0.15) is 0 Å². The number of hydrogen-bond donors (Lipinski definition) is 1. The highest BCUT2D eigenvalue weighted by molar-refractivity contribution is 7.78. The highest BCUT2D eigenvalue weighted by atomic mass is 32.1. The van der Waals surface area contributed by atoms with Crippen LogP contribution in [-0.2, 0) is 0 Å². The molecule has 0 unspecified atom stereocenters. The first-order valence-electron chi connectivity index (χ1n) is 2.93. The highest BCUT2D eigenvalue weighted by Crippen LogP contribution is 1.95. The molecule has 0 atom stereocenters.